The third-order valence-electron chi connectivity index (χ3n) is 2.94. The van der Waals surface area contributed by atoms with E-state index in [9.17, 15) is 0 Å². The highest BCUT2D eigenvalue weighted by Gasteiger charge is 2.04. The molecule has 1 aromatic heterocycles. The first-order valence-corrected chi connectivity index (χ1v) is 6.22. The van der Waals surface area contributed by atoms with E-state index in [1.165, 1.54) is 12.8 Å². The first-order chi connectivity index (χ1) is 8.30. The topological polar surface area (TPSA) is 65.1 Å². The summed E-state index contributed by atoms with van der Waals surface area (Å²) in [6, 6.07) is 1.95. The largest absolute Gasteiger partial charge is 0.356 e. The summed E-state index contributed by atoms with van der Waals surface area (Å²) in [7, 11) is 1.79. The Morgan fingerprint density at radius 2 is 2.18 bits per heavy atom. The molecule has 0 aliphatic carbocycles. The molecule has 0 bridgehead atoms. The maximum absolute atomic E-state index is 4.19. The van der Waals surface area contributed by atoms with Crippen molar-refractivity contribution in [3.8, 4) is 0 Å². The second-order valence-corrected chi connectivity index (χ2v) is 4.07. The fourth-order valence-corrected chi connectivity index (χ4v) is 1.60. The molecule has 3 N–H and O–H groups in total. The van der Waals surface area contributed by atoms with Crippen LogP contribution in [0.5, 0.6) is 0 Å². The van der Waals surface area contributed by atoms with E-state index in [1.54, 1.807) is 13.2 Å². The second-order valence-electron chi connectivity index (χ2n) is 4.07. The highest BCUT2D eigenvalue weighted by Crippen LogP contribution is 2.04. The number of aliphatic imine (C=N–C) groups is 1. The van der Waals surface area contributed by atoms with Crippen LogP contribution in [-0.4, -0.2) is 29.7 Å². The number of nitrogens with one attached hydrogen (secondary N) is 3. The van der Waals surface area contributed by atoms with Gasteiger partial charge in [-0.25, -0.2) is 0 Å². The number of guanidine groups is 1. The predicted octanol–water partition coefficient (Wildman–Crippen LogP) is 1.51. The van der Waals surface area contributed by atoms with Gasteiger partial charge in [0.25, 0.3) is 0 Å². The molecule has 96 valence electrons. The van der Waals surface area contributed by atoms with Crippen molar-refractivity contribution >= 4 is 5.96 Å². The van der Waals surface area contributed by atoms with E-state index >= 15 is 0 Å². The molecule has 0 amide bonds. The number of hydrogen-bond donors (Lipinski definition) is 3. The fraction of sp³-hybridized carbons (Fsp3) is 0.667. The monoisotopic (exact) mass is 237 g/mol. The molecule has 5 heteroatoms. The van der Waals surface area contributed by atoms with Gasteiger partial charge in [0.1, 0.15) is 0 Å². The lowest BCUT2D eigenvalue weighted by Gasteiger charge is -2.16. The van der Waals surface area contributed by atoms with Crippen LogP contribution in [0.1, 0.15) is 32.4 Å². The van der Waals surface area contributed by atoms with Gasteiger partial charge < -0.3 is 10.6 Å². The van der Waals surface area contributed by atoms with E-state index in [1.807, 2.05) is 6.07 Å². The molecule has 1 heterocycles. The molecule has 0 saturated carbocycles. The van der Waals surface area contributed by atoms with E-state index in [0.29, 0.717) is 12.5 Å². The molecule has 0 aromatic carbocycles. The van der Waals surface area contributed by atoms with Crippen molar-refractivity contribution < 1.29 is 0 Å². The molecule has 0 atom stereocenters. The van der Waals surface area contributed by atoms with Crippen molar-refractivity contribution in [1.29, 1.82) is 0 Å². The van der Waals surface area contributed by atoms with Gasteiger partial charge in [-0.3, -0.25) is 10.1 Å². The molecular formula is C12H23N5. The van der Waals surface area contributed by atoms with Gasteiger partial charge in [0, 0.05) is 19.8 Å². The predicted molar refractivity (Wildman–Crippen MR) is 70.9 cm³/mol. The highest BCUT2D eigenvalue weighted by atomic mass is 15.2. The van der Waals surface area contributed by atoms with Gasteiger partial charge in [-0.15, -0.1) is 0 Å². The highest BCUT2D eigenvalue weighted by molar-refractivity contribution is 5.79. The number of aromatic amines is 1. The quantitative estimate of drug-likeness (QED) is 0.519. The van der Waals surface area contributed by atoms with Gasteiger partial charge in [0.05, 0.1) is 12.2 Å². The van der Waals surface area contributed by atoms with Crippen LogP contribution in [0.25, 0.3) is 0 Å². The van der Waals surface area contributed by atoms with Crippen LogP contribution in [0.4, 0.5) is 0 Å². The minimum absolute atomic E-state index is 0.709. The molecule has 1 rings (SSSR count). The molecule has 0 spiro atoms. The van der Waals surface area contributed by atoms with Crippen LogP contribution in [0.15, 0.2) is 17.3 Å². The Bertz CT molecular complexity index is 314. The van der Waals surface area contributed by atoms with Gasteiger partial charge in [-0.2, -0.15) is 5.10 Å². The minimum Gasteiger partial charge on any atom is -0.356 e. The molecular weight excluding hydrogens is 214 g/mol. The number of hydrogen-bond acceptors (Lipinski definition) is 2. The van der Waals surface area contributed by atoms with E-state index in [0.717, 1.165) is 18.2 Å². The summed E-state index contributed by atoms with van der Waals surface area (Å²) in [6.45, 7) is 6.12. The Morgan fingerprint density at radius 3 is 2.71 bits per heavy atom. The standard InChI is InChI=1S/C12H23N5/c1-4-10(5-2)8-14-12(13-3)15-9-11-6-7-16-17-11/h6-7,10H,4-5,8-9H2,1-3H3,(H,16,17)(H2,13,14,15). The summed E-state index contributed by atoms with van der Waals surface area (Å²) in [5.74, 6) is 1.55. The third kappa shape index (κ3) is 4.89. The fourth-order valence-electron chi connectivity index (χ4n) is 1.60. The van der Waals surface area contributed by atoms with Gasteiger partial charge >= 0.3 is 0 Å². The number of aromatic nitrogens is 2. The van der Waals surface area contributed by atoms with Crippen LogP contribution in [0.3, 0.4) is 0 Å². The minimum atomic E-state index is 0.709. The van der Waals surface area contributed by atoms with Crippen molar-refractivity contribution in [2.24, 2.45) is 10.9 Å². The van der Waals surface area contributed by atoms with Gasteiger partial charge in [-0.05, 0) is 12.0 Å². The maximum Gasteiger partial charge on any atom is 0.191 e. The lowest BCUT2D eigenvalue weighted by Crippen LogP contribution is -2.39. The number of H-pyrrole nitrogens is 1. The molecule has 0 saturated heterocycles. The number of nitrogens with zero attached hydrogens (tertiary/aromatic N) is 2. The summed E-state index contributed by atoms with van der Waals surface area (Å²) < 4.78 is 0. The average molecular weight is 237 g/mol. The molecule has 5 nitrogen and oxygen atoms in total. The molecule has 0 aliphatic rings. The van der Waals surface area contributed by atoms with Gasteiger partial charge in [0.2, 0.25) is 0 Å². The summed E-state index contributed by atoms with van der Waals surface area (Å²) in [6.07, 6.45) is 4.14. The van der Waals surface area contributed by atoms with Crippen molar-refractivity contribution in [2.45, 2.75) is 33.2 Å². The van der Waals surface area contributed by atoms with Crippen molar-refractivity contribution in [2.75, 3.05) is 13.6 Å². The van der Waals surface area contributed by atoms with Gasteiger partial charge in [-0.1, -0.05) is 26.7 Å². The Labute approximate surface area is 103 Å². The zero-order chi connectivity index (χ0) is 12.5. The Kier molecular flexibility index (Phi) is 6.14. The van der Waals surface area contributed by atoms with Crippen molar-refractivity contribution in [1.82, 2.24) is 20.8 Å². The van der Waals surface area contributed by atoms with Gasteiger partial charge in [0.15, 0.2) is 5.96 Å². The summed E-state index contributed by atoms with van der Waals surface area (Å²) in [5.41, 5.74) is 1.05. The zero-order valence-electron chi connectivity index (χ0n) is 11.0. The SMILES string of the molecule is CCC(CC)CNC(=NC)NCc1ccn[nH]1. The molecule has 0 aliphatic heterocycles. The zero-order valence-corrected chi connectivity index (χ0v) is 11.0. The van der Waals surface area contributed by atoms with Crippen molar-refractivity contribution in [3.63, 3.8) is 0 Å². The van der Waals surface area contributed by atoms with E-state index in [-0.39, 0.29) is 0 Å². The normalized spacial score (nSPS) is 11.9. The van der Waals surface area contributed by atoms with Crippen LogP contribution in [-0.2, 0) is 6.54 Å². The smallest absolute Gasteiger partial charge is 0.191 e. The maximum atomic E-state index is 4.19. The molecule has 0 radical (unpaired) electrons. The van der Waals surface area contributed by atoms with Crippen LogP contribution in [0, 0.1) is 5.92 Å². The summed E-state index contributed by atoms with van der Waals surface area (Å²) in [4.78, 5) is 4.19. The molecule has 0 unspecified atom stereocenters. The lowest BCUT2D eigenvalue weighted by molar-refractivity contribution is 0.481. The Balaban J connectivity index is 2.29. The van der Waals surface area contributed by atoms with E-state index in [4.69, 9.17) is 0 Å². The third-order valence-corrected chi connectivity index (χ3v) is 2.94. The summed E-state index contributed by atoms with van der Waals surface area (Å²) in [5, 5.41) is 13.4. The number of rotatable bonds is 6. The molecule has 17 heavy (non-hydrogen) atoms. The Morgan fingerprint density at radius 1 is 1.41 bits per heavy atom. The Hall–Kier alpha value is -1.52. The first-order valence-electron chi connectivity index (χ1n) is 6.22. The van der Waals surface area contributed by atoms with Crippen LogP contribution < -0.4 is 10.6 Å². The summed E-state index contributed by atoms with van der Waals surface area (Å²) >= 11 is 0. The van der Waals surface area contributed by atoms with Crippen LogP contribution >= 0.6 is 0 Å². The lowest BCUT2D eigenvalue weighted by atomic mass is 10.0. The van der Waals surface area contributed by atoms with E-state index in [2.05, 4.69) is 39.7 Å². The van der Waals surface area contributed by atoms with Crippen LogP contribution in [0.2, 0.25) is 0 Å². The molecule has 0 fully saturated rings. The second kappa shape index (κ2) is 7.70. The first kappa shape index (κ1) is 13.5. The van der Waals surface area contributed by atoms with E-state index < -0.39 is 0 Å². The average Bonchev–Trinajstić information content (AvgIpc) is 2.87. The molecule has 1 aromatic rings. The van der Waals surface area contributed by atoms with Crippen molar-refractivity contribution in [3.05, 3.63) is 18.0 Å².